The first-order valence-corrected chi connectivity index (χ1v) is 5.38. The van der Waals surface area contributed by atoms with Crippen LogP contribution in [0.2, 0.25) is 0 Å². The van der Waals surface area contributed by atoms with Gasteiger partial charge in [-0.2, -0.15) is 0 Å². The molecule has 82 valence electrons. The van der Waals surface area contributed by atoms with Crippen molar-refractivity contribution in [2.24, 2.45) is 0 Å². The van der Waals surface area contributed by atoms with Gasteiger partial charge in [-0.3, -0.25) is 0 Å². The van der Waals surface area contributed by atoms with Crippen LogP contribution in [0.15, 0.2) is 18.2 Å². The summed E-state index contributed by atoms with van der Waals surface area (Å²) in [4.78, 5) is 2.19. The fourth-order valence-electron chi connectivity index (χ4n) is 2.12. The van der Waals surface area contributed by atoms with Gasteiger partial charge in [-0.05, 0) is 38.6 Å². The molecule has 0 bridgehead atoms. The quantitative estimate of drug-likeness (QED) is 0.773. The first kappa shape index (κ1) is 10.3. The Morgan fingerprint density at radius 1 is 1.47 bits per heavy atom. The van der Waals surface area contributed by atoms with Crippen molar-refractivity contribution in [2.75, 3.05) is 26.0 Å². The van der Waals surface area contributed by atoms with Crippen LogP contribution in [0.1, 0.15) is 12.0 Å². The van der Waals surface area contributed by atoms with Crippen molar-refractivity contribution < 1.29 is 5.11 Å². The van der Waals surface area contributed by atoms with E-state index in [1.165, 1.54) is 5.56 Å². The molecular formula is C12H18N2O. The summed E-state index contributed by atoms with van der Waals surface area (Å²) in [6.07, 6.45) is 2.26. The van der Waals surface area contributed by atoms with Crippen LogP contribution in [-0.4, -0.2) is 36.7 Å². The molecule has 2 N–H and O–H groups in total. The second-order valence-corrected chi connectivity index (χ2v) is 4.48. The summed E-state index contributed by atoms with van der Waals surface area (Å²) >= 11 is 0. The van der Waals surface area contributed by atoms with Gasteiger partial charge >= 0.3 is 0 Å². The van der Waals surface area contributed by atoms with Crippen LogP contribution in [0.4, 0.5) is 5.69 Å². The monoisotopic (exact) mass is 206 g/mol. The topological polar surface area (TPSA) is 35.5 Å². The smallest absolute Gasteiger partial charge is 0.117 e. The summed E-state index contributed by atoms with van der Waals surface area (Å²) in [5.74, 6) is 0.340. The van der Waals surface area contributed by atoms with Gasteiger partial charge in [0.2, 0.25) is 0 Å². The average Bonchev–Trinajstić information content (AvgIpc) is 2.16. The summed E-state index contributed by atoms with van der Waals surface area (Å²) in [7, 11) is 4.17. The molecule has 1 unspecified atom stereocenters. The van der Waals surface area contributed by atoms with Gasteiger partial charge in [0.25, 0.3) is 0 Å². The van der Waals surface area contributed by atoms with E-state index in [4.69, 9.17) is 0 Å². The number of aryl methyl sites for hydroxylation is 1. The predicted octanol–water partition coefficient (Wildman–Crippen LogP) is 1.68. The molecule has 1 aromatic rings. The fourth-order valence-corrected chi connectivity index (χ4v) is 2.12. The normalized spacial score (nSPS) is 19.8. The van der Waals surface area contributed by atoms with E-state index in [2.05, 4.69) is 24.3 Å². The van der Waals surface area contributed by atoms with E-state index >= 15 is 0 Å². The number of fused-ring (bicyclic) bond motifs is 1. The van der Waals surface area contributed by atoms with E-state index in [1.807, 2.05) is 12.1 Å². The van der Waals surface area contributed by atoms with Crippen molar-refractivity contribution in [2.45, 2.75) is 18.9 Å². The molecule has 3 heteroatoms. The average molecular weight is 206 g/mol. The van der Waals surface area contributed by atoms with Gasteiger partial charge in [-0.25, -0.2) is 0 Å². The zero-order valence-electron chi connectivity index (χ0n) is 9.33. The van der Waals surface area contributed by atoms with Crippen molar-refractivity contribution in [1.29, 1.82) is 0 Å². The highest BCUT2D eigenvalue weighted by atomic mass is 16.3. The van der Waals surface area contributed by atoms with Crippen LogP contribution < -0.4 is 5.32 Å². The van der Waals surface area contributed by atoms with Gasteiger partial charge in [-0.15, -0.1) is 0 Å². The van der Waals surface area contributed by atoms with Gasteiger partial charge in [0.15, 0.2) is 0 Å². The summed E-state index contributed by atoms with van der Waals surface area (Å²) in [5.41, 5.74) is 2.40. The van der Waals surface area contributed by atoms with Gasteiger partial charge in [0, 0.05) is 24.3 Å². The molecule has 2 rings (SSSR count). The second-order valence-electron chi connectivity index (χ2n) is 4.48. The molecule has 0 radical (unpaired) electrons. The molecule has 1 aromatic carbocycles. The van der Waals surface area contributed by atoms with E-state index in [0.717, 1.165) is 25.1 Å². The summed E-state index contributed by atoms with van der Waals surface area (Å²) < 4.78 is 0. The zero-order chi connectivity index (χ0) is 10.8. The van der Waals surface area contributed by atoms with Gasteiger partial charge in [0.1, 0.15) is 5.75 Å². The maximum absolute atomic E-state index is 9.41. The Labute approximate surface area is 90.7 Å². The summed E-state index contributed by atoms with van der Waals surface area (Å²) in [6, 6.07) is 6.07. The SMILES string of the molecule is CN(C)CC1CCc2ccc(O)cc2N1. The molecule has 15 heavy (non-hydrogen) atoms. The first-order valence-electron chi connectivity index (χ1n) is 5.38. The molecule has 3 nitrogen and oxygen atoms in total. The Morgan fingerprint density at radius 3 is 3.00 bits per heavy atom. The number of benzene rings is 1. The number of nitrogens with one attached hydrogen (secondary N) is 1. The maximum Gasteiger partial charge on any atom is 0.117 e. The lowest BCUT2D eigenvalue weighted by Gasteiger charge is -2.29. The summed E-state index contributed by atoms with van der Waals surface area (Å²) in [5, 5.41) is 12.9. The Morgan fingerprint density at radius 2 is 2.27 bits per heavy atom. The fraction of sp³-hybridized carbons (Fsp3) is 0.500. The lowest BCUT2D eigenvalue weighted by Crippen LogP contribution is -2.35. The molecule has 0 fully saturated rings. The predicted molar refractivity (Wildman–Crippen MR) is 62.4 cm³/mol. The summed E-state index contributed by atoms with van der Waals surface area (Å²) in [6.45, 7) is 1.04. The van der Waals surface area contributed by atoms with Gasteiger partial charge in [0.05, 0.1) is 0 Å². The van der Waals surface area contributed by atoms with Crippen LogP contribution in [0.3, 0.4) is 0 Å². The molecule has 0 aromatic heterocycles. The van der Waals surface area contributed by atoms with Crippen LogP contribution in [-0.2, 0) is 6.42 Å². The number of anilines is 1. The number of nitrogens with zero attached hydrogens (tertiary/aromatic N) is 1. The molecule has 0 amide bonds. The molecule has 1 aliphatic rings. The number of aromatic hydroxyl groups is 1. The number of rotatable bonds is 2. The number of hydrogen-bond donors (Lipinski definition) is 2. The maximum atomic E-state index is 9.41. The molecule has 0 aliphatic carbocycles. The van der Waals surface area contributed by atoms with Gasteiger partial charge in [-0.1, -0.05) is 6.07 Å². The molecular weight excluding hydrogens is 188 g/mol. The Hall–Kier alpha value is -1.22. The second kappa shape index (κ2) is 4.11. The third-order valence-electron chi connectivity index (χ3n) is 2.80. The highest BCUT2D eigenvalue weighted by Crippen LogP contribution is 2.28. The molecule has 1 atom stereocenters. The molecule has 1 aliphatic heterocycles. The molecule has 0 spiro atoms. The largest absolute Gasteiger partial charge is 0.508 e. The lowest BCUT2D eigenvalue weighted by atomic mass is 9.98. The number of phenolic OH excluding ortho intramolecular Hbond substituents is 1. The van der Waals surface area contributed by atoms with Crippen LogP contribution in [0.5, 0.6) is 5.75 Å². The minimum Gasteiger partial charge on any atom is -0.508 e. The van der Waals surface area contributed by atoms with E-state index < -0.39 is 0 Å². The van der Waals surface area contributed by atoms with Crippen LogP contribution >= 0.6 is 0 Å². The van der Waals surface area contributed by atoms with Crippen molar-refractivity contribution in [3.8, 4) is 5.75 Å². The van der Waals surface area contributed by atoms with Gasteiger partial charge < -0.3 is 15.3 Å². The lowest BCUT2D eigenvalue weighted by molar-refractivity contribution is 0.371. The van der Waals surface area contributed by atoms with Crippen molar-refractivity contribution in [1.82, 2.24) is 4.90 Å². The molecule has 1 heterocycles. The number of likely N-dealkylation sites (N-methyl/N-ethyl adjacent to an activating group) is 1. The van der Waals surface area contributed by atoms with Crippen LogP contribution in [0.25, 0.3) is 0 Å². The number of hydrogen-bond acceptors (Lipinski definition) is 3. The van der Waals surface area contributed by atoms with E-state index in [-0.39, 0.29) is 0 Å². The highest BCUT2D eigenvalue weighted by Gasteiger charge is 2.18. The minimum absolute atomic E-state index is 0.340. The third-order valence-corrected chi connectivity index (χ3v) is 2.80. The van der Waals surface area contributed by atoms with E-state index in [0.29, 0.717) is 11.8 Å². The Bertz CT molecular complexity index is 349. The minimum atomic E-state index is 0.340. The number of phenols is 1. The van der Waals surface area contributed by atoms with E-state index in [9.17, 15) is 5.11 Å². The third kappa shape index (κ3) is 2.42. The Kier molecular flexibility index (Phi) is 2.82. The van der Waals surface area contributed by atoms with Crippen molar-refractivity contribution in [3.63, 3.8) is 0 Å². The molecule has 0 saturated carbocycles. The standard InChI is InChI=1S/C12H18N2O/c1-14(2)8-10-5-3-9-4-6-11(15)7-12(9)13-10/h4,6-7,10,13,15H,3,5,8H2,1-2H3. The molecule has 0 saturated heterocycles. The van der Waals surface area contributed by atoms with Crippen molar-refractivity contribution >= 4 is 5.69 Å². The first-order chi connectivity index (χ1) is 7.15. The van der Waals surface area contributed by atoms with Crippen molar-refractivity contribution in [3.05, 3.63) is 23.8 Å². The Balaban J connectivity index is 2.11. The zero-order valence-corrected chi connectivity index (χ0v) is 9.33. The van der Waals surface area contributed by atoms with E-state index in [1.54, 1.807) is 6.07 Å². The van der Waals surface area contributed by atoms with Crippen LogP contribution in [0, 0.1) is 0 Å². The highest BCUT2D eigenvalue weighted by molar-refractivity contribution is 5.57.